The van der Waals surface area contributed by atoms with Gasteiger partial charge in [0.1, 0.15) is 5.82 Å². The number of hydrogen-bond acceptors (Lipinski definition) is 3. The summed E-state index contributed by atoms with van der Waals surface area (Å²) in [7, 11) is 0. The van der Waals surface area contributed by atoms with E-state index < -0.39 is 11.9 Å². The van der Waals surface area contributed by atoms with Gasteiger partial charge >= 0.3 is 0 Å². The Kier molecular flexibility index (Phi) is 5.43. The SMILES string of the molecule is Cc1cnn(Cc2ccc(C(=O)NCC(O)c3ccccc3F)cc2)c1. The van der Waals surface area contributed by atoms with E-state index in [-0.39, 0.29) is 18.0 Å². The maximum Gasteiger partial charge on any atom is 0.251 e. The van der Waals surface area contributed by atoms with Gasteiger partial charge in [-0.3, -0.25) is 9.48 Å². The monoisotopic (exact) mass is 353 g/mol. The quantitative estimate of drug-likeness (QED) is 0.716. The van der Waals surface area contributed by atoms with Gasteiger partial charge in [-0.1, -0.05) is 30.3 Å². The molecule has 0 aliphatic rings. The molecule has 134 valence electrons. The standard InChI is InChI=1S/C20H20FN3O2/c1-14-10-23-24(12-14)13-15-6-8-16(9-7-15)20(26)22-11-19(25)17-4-2-3-5-18(17)21/h2-10,12,19,25H,11,13H2,1H3,(H,22,26). The van der Waals surface area contributed by atoms with Crippen LogP contribution in [0.3, 0.4) is 0 Å². The molecule has 0 radical (unpaired) electrons. The fraction of sp³-hybridized carbons (Fsp3) is 0.200. The normalized spacial score (nSPS) is 12.0. The predicted molar refractivity (Wildman–Crippen MR) is 96.2 cm³/mol. The van der Waals surface area contributed by atoms with Gasteiger partial charge in [0, 0.05) is 23.9 Å². The lowest BCUT2D eigenvalue weighted by atomic mass is 10.1. The number of aryl methyl sites for hydroxylation is 1. The largest absolute Gasteiger partial charge is 0.386 e. The van der Waals surface area contributed by atoms with E-state index in [9.17, 15) is 14.3 Å². The van der Waals surface area contributed by atoms with E-state index in [0.717, 1.165) is 11.1 Å². The van der Waals surface area contributed by atoms with Gasteiger partial charge in [0.2, 0.25) is 0 Å². The summed E-state index contributed by atoms with van der Waals surface area (Å²) in [4.78, 5) is 12.2. The van der Waals surface area contributed by atoms with Gasteiger partial charge in [0.05, 0.1) is 18.8 Å². The molecular weight excluding hydrogens is 333 g/mol. The predicted octanol–water partition coefficient (Wildman–Crippen LogP) is 2.84. The highest BCUT2D eigenvalue weighted by molar-refractivity contribution is 5.94. The van der Waals surface area contributed by atoms with Crippen molar-refractivity contribution >= 4 is 5.91 Å². The zero-order chi connectivity index (χ0) is 18.5. The van der Waals surface area contributed by atoms with Crippen LogP contribution < -0.4 is 5.32 Å². The van der Waals surface area contributed by atoms with E-state index in [1.54, 1.807) is 30.5 Å². The lowest BCUT2D eigenvalue weighted by molar-refractivity contribution is 0.0914. The van der Waals surface area contributed by atoms with Crippen LogP contribution in [0.2, 0.25) is 0 Å². The fourth-order valence-electron chi connectivity index (χ4n) is 2.65. The first-order chi connectivity index (χ1) is 12.5. The number of aliphatic hydroxyl groups excluding tert-OH is 1. The molecule has 1 atom stereocenters. The van der Waals surface area contributed by atoms with Crippen LogP contribution in [0.25, 0.3) is 0 Å². The van der Waals surface area contributed by atoms with Crippen LogP contribution in [0.1, 0.15) is 33.2 Å². The maximum absolute atomic E-state index is 13.6. The summed E-state index contributed by atoms with van der Waals surface area (Å²) in [5, 5.41) is 16.9. The van der Waals surface area contributed by atoms with Crippen LogP contribution in [-0.4, -0.2) is 27.3 Å². The second-order valence-electron chi connectivity index (χ2n) is 6.16. The molecule has 0 aliphatic carbocycles. The van der Waals surface area contributed by atoms with Crippen molar-refractivity contribution in [2.45, 2.75) is 19.6 Å². The Morgan fingerprint density at radius 1 is 1.23 bits per heavy atom. The summed E-state index contributed by atoms with van der Waals surface area (Å²) in [6.45, 7) is 2.54. The number of amides is 1. The average molecular weight is 353 g/mol. The molecule has 0 saturated heterocycles. The van der Waals surface area contributed by atoms with Gasteiger partial charge in [-0.15, -0.1) is 0 Å². The van der Waals surface area contributed by atoms with Gasteiger partial charge in [0.15, 0.2) is 0 Å². The molecule has 0 fully saturated rings. The van der Waals surface area contributed by atoms with Crippen molar-refractivity contribution in [2.24, 2.45) is 0 Å². The first-order valence-corrected chi connectivity index (χ1v) is 8.31. The molecule has 0 saturated carbocycles. The van der Waals surface area contributed by atoms with Gasteiger partial charge in [0.25, 0.3) is 5.91 Å². The van der Waals surface area contributed by atoms with Crippen molar-refractivity contribution in [3.05, 3.63) is 89.0 Å². The molecule has 3 rings (SSSR count). The number of nitrogens with one attached hydrogen (secondary N) is 1. The highest BCUT2D eigenvalue weighted by atomic mass is 19.1. The summed E-state index contributed by atoms with van der Waals surface area (Å²) in [5.74, 6) is -0.811. The van der Waals surface area contributed by atoms with Crippen LogP contribution in [0.4, 0.5) is 4.39 Å². The molecule has 0 aliphatic heterocycles. The van der Waals surface area contributed by atoms with E-state index in [0.29, 0.717) is 12.1 Å². The molecule has 5 nitrogen and oxygen atoms in total. The van der Waals surface area contributed by atoms with E-state index in [4.69, 9.17) is 0 Å². The van der Waals surface area contributed by atoms with Crippen molar-refractivity contribution in [3.8, 4) is 0 Å². The molecule has 6 heteroatoms. The smallest absolute Gasteiger partial charge is 0.251 e. The summed E-state index contributed by atoms with van der Waals surface area (Å²) < 4.78 is 15.5. The Morgan fingerprint density at radius 2 is 1.96 bits per heavy atom. The molecule has 2 N–H and O–H groups in total. The van der Waals surface area contributed by atoms with Crippen LogP contribution in [0.5, 0.6) is 0 Å². The minimum Gasteiger partial charge on any atom is -0.386 e. The zero-order valence-electron chi connectivity index (χ0n) is 14.4. The molecule has 1 unspecified atom stereocenters. The van der Waals surface area contributed by atoms with Gasteiger partial charge in [-0.05, 0) is 36.2 Å². The number of carbonyl (C=O) groups is 1. The second-order valence-corrected chi connectivity index (χ2v) is 6.16. The van der Waals surface area contributed by atoms with E-state index in [1.165, 1.54) is 12.1 Å². The third-order valence-electron chi connectivity index (χ3n) is 4.04. The topological polar surface area (TPSA) is 67.2 Å². The highest BCUT2D eigenvalue weighted by Crippen LogP contribution is 2.16. The van der Waals surface area contributed by atoms with E-state index in [1.807, 2.05) is 29.9 Å². The molecule has 1 heterocycles. The number of carbonyl (C=O) groups excluding carboxylic acids is 1. The van der Waals surface area contributed by atoms with Crippen LogP contribution in [0.15, 0.2) is 60.9 Å². The number of halogens is 1. The molecule has 0 bridgehead atoms. The van der Waals surface area contributed by atoms with Crippen molar-refractivity contribution in [2.75, 3.05) is 6.54 Å². The minimum absolute atomic E-state index is 0.0614. The van der Waals surface area contributed by atoms with Gasteiger partial charge in [-0.25, -0.2) is 4.39 Å². The van der Waals surface area contributed by atoms with Crippen LogP contribution >= 0.6 is 0 Å². The van der Waals surface area contributed by atoms with E-state index >= 15 is 0 Å². The Labute approximate surface area is 151 Å². The molecular formula is C20H20FN3O2. The number of aliphatic hydroxyl groups is 1. The molecule has 1 aromatic heterocycles. The summed E-state index contributed by atoms with van der Waals surface area (Å²) in [6, 6.07) is 13.1. The Morgan fingerprint density at radius 3 is 2.62 bits per heavy atom. The Hall–Kier alpha value is -2.99. The van der Waals surface area contributed by atoms with Crippen molar-refractivity contribution in [3.63, 3.8) is 0 Å². The summed E-state index contributed by atoms with van der Waals surface area (Å²) >= 11 is 0. The lowest BCUT2D eigenvalue weighted by Gasteiger charge is -2.13. The minimum atomic E-state index is -1.09. The number of hydrogen-bond donors (Lipinski definition) is 2. The molecule has 26 heavy (non-hydrogen) atoms. The van der Waals surface area contributed by atoms with Crippen LogP contribution in [-0.2, 0) is 6.54 Å². The van der Waals surface area contributed by atoms with Crippen LogP contribution in [0, 0.1) is 12.7 Å². The number of rotatable bonds is 6. The highest BCUT2D eigenvalue weighted by Gasteiger charge is 2.14. The molecule has 0 spiro atoms. The third kappa shape index (κ3) is 4.34. The third-order valence-corrected chi connectivity index (χ3v) is 4.04. The van der Waals surface area contributed by atoms with Crippen molar-refractivity contribution in [1.82, 2.24) is 15.1 Å². The molecule has 3 aromatic rings. The summed E-state index contributed by atoms with van der Waals surface area (Å²) in [5.41, 5.74) is 2.76. The zero-order valence-corrected chi connectivity index (χ0v) is 14.4. The number of benzene rings is 2. The van der Waals surface area contributed by atoms with Crippen molar-refractivity contribution < 1.29 is 14.3 Å². The maximum atomic E-state index is 13.6. The average Bonchev–Trinajstić information content (AvgIpc) is 3.05. The first-order valence-electron chi connectivity index (χ1n) is 8.31. The van der Waals surface area contributed by atoms with E-state index in [2.05, 4.69) is 10.4 Å². The molecule has 2 aromatic carbocycles. The Bertz CT molecular complexity index is 890. The Balaban J connectivity index is 1.57. The number of aromatic nitrogens is 2. The fourth-order valence-corrected chi connectivity index (χ4v) is 2.65. The van der Waals surface area contributed by atoms with Gasteiger partial charge in [-0.2, -0.15) is 5.10 Å². The number of nitrogens with zero attached hydrogens (tertiary/aromatic N) is 2. The molecule has 1 amide bonds. The lowest BCUT2D eigenvalue weighted by Crippen LogP contribution is -2.28. The second kappa shape index (κ2) is 7.93. The summed E-state index contributed by atoms with van der Waals surface area (Å²) in [6.07, 6.45) is 2.65. The first kappa shape index (κ1) is 17.8. The van der Waals surface area contributed by atoms with Gasteiger partial charge < -0.3 is 10.4 Å². The van der Waals surface area contributed by atoms with Crippen molar-refractivity contribution in [1.29, 1.82) is 0 Å².